The summed E-state index contributed by atoms with van der Waals surface area (Å²) in [4.78, 5) is 14.4. The van der Waals surface area contributed by atoms with E-state index >= 15 is 0 Å². The van der Waals surface area contributed by atoms with Crippen LogP contribution in [-0.2, 0) is 4.74 Å². The molecule has 0 saturated carbocycles. The fourth-order valence-corrected chi connectivity index (χ4v) is 2.99. The van der Waals surface area contributed by atoms with Crippen LogP contribution in [0.1, 0.15) is 39.2 Å². The van der Waals surface area contributed by atoms with Gasteiger partial charge in [-0.1, -0.05) is 0 Å². The van der Waals surface area contributed by atoms with Crippen molar-refractivity contribution in [3.8, 4) is 0 Å². The second kappa shape index (κ2) is 6.65. The van der Waals surface area contributed by atoms with Crippen molar-refractivity contribution in [3.05, 3.63) is 29.6 Å². The number of nitrogens with zero attached hydrogens (tertiary/aromatic N) is 1. The van der Waals surface area contributed by atoms with Gasteiger partial charge in [0, 0.05) is 24.9 Å². The number of carbonyl (C=O) groups is 1. The van der Waals surface area contributed by atoms with Crippen LogP contribution in [0, 0.1) is 12.7 Å². The van der Waals surface area contributed by atoms with Crippen LogP contribution < -0.4 is 5.32 Å². The molecule has 2 rings (SSSR count). The molecule has 1 aliphatic heterocycles. The molecule has 1 aliphatic rings. The Morgan fingerprint density at radius 2 is 2.23 bits per heavy atom. The highest BCUT2D eigenvalue weighted by atomic mass is 19.1. The lowest BCUT2D eigenvalue weighted by Crippen LogP contribution is -2.49. The normalized spacial score (nSPS) is 20.5. The average Bonchev–Trinajstić information content (AvgIpc) is 2.42. The molecule has 0 bridgehead atoms. The summed E-state index contributed by atoms with van der Waals surface area (Å²) in [6, 6.07) is 4.40. The minimum absolute atomic E-state index is 0.139. The molecule has 0 unspecified atom stereocenters. The Morgan fingerprint density at radius 3 is 2.82 bits per heavy atom. The van der Waals surface area contributed by atoms with Gasteiger partial charge in [-0.3, -0.25) is 0 Å². The number of rotatable bonds is 3. The van der Waals surface area contributed by atoms with E-state index in [0.717, 1.165) is 18.4 Å². The van der Waals surface area contributed by atoms with E-state index in [9.17, 15) is 9.18 Å². The second-order valence-electron chi connectivity index (χ2n) is 6.43. The zero-order chi connectivity index (χ0) is 16.3. The monoisotopic (exact) mass is 308 g/mol. The Morgan fingerprint density at radius 1 is 1.50 bits per heavy atom. The first-order chi connectivity index (χ1) is 10.3. The van der Waals surface area contributed by atoms with Crippen molar-refractivity contribution < 1.29 is 13.9 Å². The lowest BCUT2D eigenvalue weighted by Gasteiger charge is -2.40. The van der Waals surface area contributed by atoms with Crippen LogP contribution in [0.2, 0.25) is 0 Å². The molecule has 1 heterocycles. The van der Waals surface area contributed by atoms with Crippen molar-refractivity contribution >= 4 is 11.7 Å². The lowest BCUT2D eigenvalue weighted by molar-refractivity contribution is -0.0758. The van der Waals surface area contributed by atoms with E-state index < -0.39 is 0 Å². The number of urea groups is 1. The summed E-state index contributed by atoms with van der Waals surface area (Å²) in [5.41, 5.74) is 1.16. The van der Waals surface area contributed by atoms with Crippen LogP contribution >= 0.6 is 0 Å². The van der Waals surface area contributed by atoms with Gasteiger partial charge in [-0.25, -0.2) is 9.18 Å². The number of amides is 2. The van der Waals surface area contributed by atoms with Gasteiger partial charge >= 0.3 is 6.03 Å². The zero-order valence-electron chi connectivity index (χ0n) is 13.8. The van der Waals surface area contributed by atoms with Crippen molar-refractivity contribution in [1.29, 1.82) is 0 Å². The molecule has 1 fully saturated rings. The third kappa shape index (κ3) is 3.97. The van der Waals surface area contributed by atoms with Gasteiger partial charge in [0.05, 0.1) is 5.60 Å². The van der Waals surface area contributed by atoms with Gasteiger partial charge in [0.1, 0.15) is 5.82 Å². The Bertz CT molecular complexity index is 545. The molecule has 0 radical (unpaired) electrons. The van der Waals surface area contributed by atoms with Crippen molar-refractivity contribution in [1.82, 2.24) is 4.90 Å². The summed E-state index contributed by atoms with van der Waals surface area (Å²) in [6.07, 6.45) is 1.66. The van der Waals surface area contributed by atoms with Gasteiger partial charge in [-0.15, -0.1) is 0 Å². The molecule has 1 atom stereocenters. The molecule has 1 aromatic carbocycles. The van der Waals surface area contributed by atoms with Crippen LogP contribution in [0.4, 0.5) is 14.9 Å². The first kappa shape index (κ1) is 16.7. The van der Waals surface area contributed by atoms with Gasteiger partial charge in [0.25, 0.3) is 0 Å². The van der Waals surface area contributed by atoms with Crippen LogP contribution in [0.25, 0.3) is 0 Å². The minimum atomic E-state index is -0.297. The Hall–Kier alpha value is -1.62. The number of ether oxygens (including phenoxy) is 1. The van der Waals surface area contributed by atoms with Crippen LogP contribution in [0.15, 0.2) is 18.2 Å². The number of benzene rings is 1. The second-order valence-corrected chi connectivity index (χ2v) is 6.43. The Balaban J connectivity index is 2.08. The highest BCUT2D eigenvalue weighted by Gasteiger charge is 2.33. The lowest BCUT2D eigenvalue weighted by atomic mass is 9.93. The largest absolute Gasteiger partial charge is 0.375 e. The molecule has 4 nitrogen and oxygen atoms in total. The third-order valence-electron chi connectivity index (χ3n) is 4.14. The summed E-state index contributed by atoms with van der Waals surface area (Å²) >= 11 is 0. The Labute approximate surface area is 131 Å². The Kier molecular flexibility index (Phi) is 5.06. The molecular weight excluding hydrogens is 283 g/mol. The maximum Gasteiger partial charge on any atom is 0.322 e. The molecule has 1 N–H and O–H groups in total. The molecule has 1 aromatic rings. The van der Waals surface area contributed by atoms with Gasteiger partial charge in [-0.2, -0.15) is 0 Å². The molecule has 0 aliphatic carbocycles. The molecule has 22 heavy (non-hydrogen) atoms. The predicted molar refractivity (Wildman–Crippen MR) is 85.6 cm³/mol. The average molecular weight is 308 g/mol. The third-order valence-corrected chi connectivity index (χ3v) is 4.14. The number of anilines is 1. The molecule has 1 saturated heterocycles. The molecule has 122 valence electrons. The van der Waals surface area contributed by atoms with Gasteiger partial charge in [-0.05, 0) is 64.3 Å². The summed E-state index contributed by atoms with van der Waals surface area (Å²) < 4.78 is 18.9. The highest BCUT2D eigenvalue weighted by Crippen LogP contribution is 2.28. The smallest absolute Gasteiger partial charge is 0.322 e. The molecule has 5 heteroatoms. The zero-order valence-corrected chi connectivity index (χ0v) is 13.8. The van der Waals surface area contributed by atoms with Crippen molar-refractivity contribution in [2.24, 2.45) is 0 Å². The number of hydrogen-bond acceptors (Lipinski definition) is 2. The molecule has 2 amide bonds. The standard InChI is InChI=1S/C17H25FN2O2/c1-5-20(14-8-9-22-17(3,4)11-14)16(21)19-15-7-6-13(18)10-12(15)2/h6-7,10,14H,5,8-9,11H2,1-4H3,(H,19,21)/t14-/m0/s1. The van der Waals surface area contributed by atoms with Crippen molar-refractivity contribution in [2.45, 2.75) is 52.2 Å². The number of halogens is 1. The molecule has 0 spiro atoms. The molecular formula is C17H25FN2O2. The topological polar surface area (TPSA) is 41.6 Å². The summed E-state index contributed by atoms with van der Waals surface area (Å²) in [5.74, 6) is -0.297. The van der Waals surface area contributed by atoms with Gasteiger partial charge in [0.15, 0.2) is 0 Å². The van der Waals surface area contributed by atoms with Crippen molar-refractivity contribution in [3.63, 3.8) is 0 Å². The number of aryl methyl sites for hydroxylation is 1. The van der Waals surface area contributed by atoms with Gasteiger partial charge in [0.2, 0.25) is 0 Å². The number of carbonyl (C=O) groups excluding carboxylic acids is 1. The van der Waals surface area contributed by atoms with E-state index in [2.05, 4.69) is 19.2 Å². The quantitative estimate of drug-likeness (QED) is 0.918. The summed E-state index contributed by atoms with van der Waals surface area (Å²) in [7, 11) is 0. The minimum Gasteiger partial charge on any atom is -0.375 e. The van der Waals surface area contributed by atoms with Crippen LogP contribution in [-0.4, -0.2) is 35.7 Å². The van der Waals surface area contributed by atoms with E-state index in [1.807, 2.05) is 11.8 Å². The maximum absolute atomic E-state index is 13.1. The van der Waals surface area contributed by atoms with E-state index in [-0.39, 0.29) is 23.5 Å². The van der Waals surface area contributed by atoms with Crippen LogP contribution in [0.5, 0.6) is 0 Å². The van der Waals surface area contributed by atoms with Crippen LogP contribution in [0.3, 0.4) is 0 Å². The fraction of sp³-hybridized carbons (Fsp3) is 0.588. The van der Waals surface area contributed by atoms with E-state index in [4.69, 9.17) is 4.74 Å². The van der Waals surface area contributed by atoms with E-state index in [1.54, 1.807) is 13.0 Å². The molecule has 0 aromatic heterocycles. The van der Waals surface area contributed by atoms with E-state index in [0.29, 0.717) is 18.8 Å². The summed E-state index contributed by atoms with van der Waals surface area (Å²) in [6.45, 7) is 9.15. The fourth-order valence-electron chi connectivity index (χ4n) is 2.99. The first-order valence-corrected chi connectivity index (χ1v) is 7.80. The highest BCUT2D eigenvalue weighted by molar-refractivity contribution is 5.90. The SMILES string of the molecule is CCN(C(=O)Nc1ccc(F)cc1C)[C@H]1CCOC(C)(C)C1. The van der Waals surface area contributed by atoms with Crippen molar-refractivity contribution in [2.75, 3.05) is 18.5 Å². The van der Waals surface area contributed by atoms with Gasteiger partial charge < -0.3 is 15.0 Å². The maximum atomic E-state index is 13.1. The van der Waals surface area contributed by atoms with E-state index in [1.165, 1.54) is 12.1 Å². The summed E-state index contributed by atoms with van der Waals surface area (Å²) in [5, 5.41) is 2.89. The first-order valence-electron chi connectivity index (χ1n) is 7.80. The number of nitrogens with one attached hydrogen (secondary N) is 1. The number of hydrogen-bond donors (Lipinski definition) is 1. The predicted octanol–water partition coefficient (Wildman–Crippen LogP) is 3.95.